The predicted molar refractivity (Wildman–Crippen MR) is 92.0 cm³/mol. The Morgan fingerprint density at radius 3 is 2.23 bits per heavy atom. The molecule has 1 amide bonds. The van der Waals surface area contributed by atoms with Crippen molar-refractivity contribution in [3.63, 3.8) is 0 Å². The molecule has 1 aromatic rings. The largest absolute Gasteiger partial charge is 0.350 e. The summed E-state index contributed by atoms with van der Waals surface area (Å²) in [6.07, 6.45) is 0.546. The van der Waals surface area contributed by atoms with Crippen molar-refractivity contribution >= 4 is 34.0 Å². The minimum atomic E-state index is -3.31. The lowest BCUT2D eigenvalue weighted by atomic mass is 10.1. The molecule has 0 aliphatic rings. The maximum Gasteiger partial charge on any atom is 0.251 e. The molecule has 0 unspecified atom stereocenters. The van der Waals surface area contributed by atoms with Crippen LogP contribution in [-0.2, 0) is 10.0 Å². The van der Waals surface area contributed by atoms with Gasteiger partial charge < -0.3 is 11.1 Å². The van der Waals surface area contributed by atoms with Crippen LogP contribution in [-0.4, -0.2) is 32.2 Å². The zero-order valence-corrected chi connectivity index (χ0v) is 14.7. The van der Waals surface area contributed by atoms with E-state index in [2.05, 4.69) is 10.0 Å². The number of hydrogen-bond donors (Lipinski definition) is 3. The van der Waals surface area contributed by atoms with Crippen molar-refractivity contribution in [1.29, 1.82) is 0 Å². The second-order valence-corrected chi connectivity index (χ2v) is 7.51. The van der Waals surface area contributed by atoms with Crippen LogP contribution in [0.1, 0.15) is 37.6 Å². The van der Waals surface area contributed by atoms with Crippen molar-refractivity contribution in [2.45, 2.75) is 32.7 Å². The molecule has 0 atom stereocenters. The molecule has 0 spiro atoms. The SMILES string of the molecule is CCCS(=O)(=O)Nc1ccc(C(=O)NCC(C)(C)N)cc1.Cl. The number of hydrogen-bond acceptors (Lipinski definition) is 4. The standard InChI is InChI=1S/C14H23N3O3S.ClH/c1-4-9-21(19,20)17-12-7-5-11(6-8-12)13(18)16-10-14(2,3)15;/h5-8,17H,4,9-10,15H2,1-3H3,(H,16,18);1H. The third-order valence-corrected chi connectivity index (χ3v) is 4.09. The Kier molecular flexibility index (Phi) is 7.86. The van der Waals surface area contributed by atoms with Crippen molar-refractivity contribution in [3.8, 4) is 0 Å². The Bertz CT molecular complexity index is 580. The normalized spacial score (nSPS) is 11.5. The fourth-order valence-electron chi connectivity index (χ4n) is 1.60. The van der Waals surface area contributed by atoms with E-state index in [9.17, 15) is 13.2 Å². The molecule has 0 radical (unpaired) electrons. The quantitative estimate of drug-likeness (QED) is 0.697. The van der Waals surface area contributed by atoms with E-state index in [1.54, 1.807) is 31.2 Å². The minimum absolute atomic E-state index is 0. The molecular formula is C14H24ClN3O3S. The van der Waals surface area contributed by atoms with E-state index in [0.717, 1.165) is 0 Å². The first-order valence-corrected chi connectivity index (χ1v) is 8.46. The summed E-state index contributed by atoms with van der Waals surface area (Å²) in [6, 6.07) is 6.27. The molecule has 1 rings (SSSR count). The molecule has 126 valence electrons. The van der Waals surface area contributed by atoms with Gasteiger partial charge in [-0.25, -0.2) is 8.42 Å². The zero-order chi connectivity index (χ0) is 16.1. The maximum absolute atomic E-state index is 11.9. The van der Waals surface area contributed by atoms with Crippen LogP contribution in [0.25, 0.3) is 0 Å². The summed E-state index contributed by atoms with van der Waals surface area (Å²) in [5.41, 5.74) is 6.21. The summed E-state index contributed by atoms with van der Waals surface area (Å²) < 4.78 is 25.7. The number of nitrogens with one attached hydrogen (secondary N) is 2. The van der Waals surface area contributed by atoms with Crippen LogP contribution >= 0.6 is 12.4 Å². The van der Waals surface area contributed by atoms with Crippen LogP contribution in [0.2, 0.25) is 0 Å². The number of benzene rings is 1. The van der Waals surface area contributed by atoms with Gasteiger partial charge in [0.15, 0.2) is 0 Å². The Morgan fingerprint density at radius 2 is 1.77 bits per heavy atom. The van der Waals surface area contributed by atoms with E-state index in [1.807, 2.05) is 13.8 Å². The van der Waals surface area contributed by atoms with Crippen LogP contribution in [0.5, 0.6) is 0 Å². The predicted octanol–water partition coefficient (Wildman–Crippen LogP) is 1.73. The van der Waals surface area contributed by atoms with E-state index in [-0.39, 0.29) is 24.1 Å². The van der Waals surface area contributed by atoms with Gasteiger partial charge in [-0.05, 0) is 44.5 Å². The summed E-state index contributed by atoms with van der Waals surface area (Å²) >= 11 is 0. The first kappa shape index (κ1) is 20.7. The van der Waals surface area contributed by atoms with Crippen molar-refractivity contribution in [3.05, 3.63) is 29.8 Å². The van der Waals surface area contributed by atoms with E-state index in [4.69, 9.17) is 5.73 Å². The van der Waals surface area contributed by atoms with Gasteiger partial charge in [-0.15, -0.1) is 12.4 Å². The van der Waals surface area contributed by atoms with E-state index >= 15 is 0 Å². The second kappa shape index (κ2) is 8.36. The van der Waals surface area contributed by atoms with Crippen molar-refractivity contribution in [2.75, 3.05) is 17.0 Å². The highest BCUT2D eigenvalue weighted by Gasteiger charge is 2.14. The Labute approximate surface area is 138 Å². The van der Waals surface area contributed by atoms with Gasteiger partial charge in [-0.1, -0.05) is 6.92 Å². The van der Waals surface area contributed by atoms with Crippen LogP contribution in [0.15, 0.2) is 24.3 Å². The Morgan fingerprint density at radius 1 is 1.23 bits per heavy atom. The number of rotatable bonds is 7. The molecule has 22 heavy (non-hydrogen) atoms. The Balaban J connectivity index is 0.00000441. The first-order chi connectivity index (χ1) is 9.63. The van der Waals surface area contributed by atoms with E-state index < -0.39 is 15.6 Å². The summed E-state index contributed by atoms with van der Waals surface area (Å²) in [5, 5.41) is 2.72. The molecule has 0 bridgehead atoms. The number of anilines is 1. The van der Waals surface area contributed by atoms with Crippen LogP contribution in [0, 0.1) is 0 Å². The monoisotopic (exact) mass is 349 g/mol. The smallest absolute Gasteiger partial charge is 0.251 e. The van der Waals surface area contributed by atoms with Gasteiger partial charge in [-0.2, -0.15) is 0 Å². The Hall–Kier alpha value is -1.31. The maximum atomic E-state index is 11.9. The van der Waals surface area contributed by atoms with Gasteiger partial charge >= 0.3 is 0 Å². The fraction of sp³-hybridized carbons (Fsp3) is 0.500. The number of sulfonamides is 1. The lowest BCUT2D eigenvalue weighted by molar-refractivity contribution is 0.0946. The highest BCUT2D eigenvalue weighted by atomic mass is 35.5. The number of halogens is 1. The summed E-state index contributed by atoms with van der Waals surface area (Å²) in [7, 11) is -3.31. The molecule has 0 aliphatic heterocycles. The molecule has 0 aromatic heterocycles. The third-order valence-electron chi connectivity index (χ3n) is 2.60. The van der Waals surface area contributed by atoms with Crippen molar-refractivity contribution in [1.82, 2.24) is 5.32 Å². The first-order valence-electron chi connectivity index (χ1n) is 6.80. The van der Waals surface area contributed by atoms with Crippen molar-refractivity contribution < 1.29 is 13.2 Å². The lowest BCUT2D eigenvalue weighted by Gasteiger charge is -2.18. The minimum Gasteiger partial charge on any atom is -0.350 e. The molecule has 6 nitrogen and oxygen atoms in total. The van der Waals surface area contributed by atoms with Crippen LogP contribution in [0.3, 0.4) is 0 Å². The van der Waals surface area contributed by atoms with E-state index in [0.29, 0.717) is 24.2 Å². The molecule has 0 aliphatic carbocycles. The average molecular weight is 350 g/mol. The molecule has 0 saturated heterocycles. The number of nitrogens with two attached hydrogens (primary N) is 1. The van der Waals surface area contributed by atoms with Gasteiger partial charge in [0.25, 0.3) is 5.91 Å². The highest BCUT2D eigenvalue weighted by molar-refractivity contribution is 7.92. The topological polar surface area (TPSA) is 101 Å². The summed E-state index contributed by atoms with van der Waals surface area (Å²) in [6.45, 7) is 5.79. The zero-order valence-electron chi connectivity index (χ0n) is 13.0. The van der Waals surface area contributed by atoms with Gasteiger partial charge in [-0.3, -0.25) is 9.52 Å². The van der Waals surface area contributed by atoms with Gasteiger partial charge in [0.2, 0.25) is 10.0 Å². The molecular weight excluding hydrogens is 326 g/mol. The molecule has 0 saturated carbocycles. The number of amides is 1. The fourth-order valence-corrected chi connectivity index (χ4v) is 2.73. The second-order valence-electron chi connectivity index (χ2n) is 5.67. The van der Waals surface area contributed by atoms with Crippen LogP contribution < -0.4 is 15.8 Å². The van der Waals surface area contributed by atoms with Gasteiger partial charge in [0.1, 0.15) is 0 Å². The summed E-state index contributed by atoms with van der Waals surface area (Å²) in [4.78, 5) is 11.9. The molecule has 8 heteroatoms. The van der Waals surface area contributed by atoms with Crippen molar-refractivity contribution in [2.24, 2.45) is 5.73 Å². The molecule has 4 N–H and O–H groups in total. The summed E-state index contributed by atoms with van der Waals surface area (Å²) in [5.74, 6) is -0.169. The number of carbonyl (C=O) groups excluding carboxylic acids is 1. The molecule has 1 aromatic carbocycles. The average Bonchev–Trinajstić information content (AvgIpc) is 2.35. The van der Waals surface area contributed by atoms with E-state index in [1.165, 1.54) is 0 Å². The number of carbonyl (C=O) groups is 1. The van der Waals surface area contributed by atoms with Gasteiger partial charge in [0, 0.05) is 23.3 Å². The molecule has 0 fully saturated rings. The van der Waals surface area contributed by atoms with Gasteiger partial charge in [0.05, 0.1) is 5.75 Å². The van der Waals surface area contributed by atoms with Crippen LogP contribution in [0.4, 0.5) is 5.69 Å². The third kappa shape index (κ3) is 7.63. The molecule has 0 heterocycles. The highest BCUT2D eigenvalue weighted by Crippen LogP contribution is 2.12. The lowest BCUT2D eigenvalue weighted by Crippen LogP contribution is -2.45.